The van der Waals surface area contributed by atoms with Crippen molar-refractivity contribution in [2.45, 2.75) is 32.9 Å². The van der Waals surface area contributed by atoms with Crippen LogP contribution in [0, 0.1) is 0 Å². The van der Waals surface area contributed by atoms with Crippen LogP contribution in [0.4, 0.5) is 0 Å². The molecule has 0 aliphatic rings. The SMILES string of the molecule is CC(C)(C)NCc1cc(-c2ccccn2)on1. The molecule has 90 valence electrons. The summed E-state index contributed by atoms with van der Waals surface area (Å²) in [6.07, 6.45) is 1.74. The predicted molar refractivity (Wildman–Crippen MR) is 66.3 cm³/mol. The minimum Gasteiger partial charge on any atom is -0.354 e. The van der Waals surface area contributed by atoms with Gasteiger partial charge in [-0.2, -0.15) is 0 Å². The zero-order valence-electron chi connectivity index (χ0n) is 10.4. The fourth-order valence-electron chi connectivity index (χ4n) is 1.38. The van der Waals surface area contributed by atoms with E-state index in [0.717, 1.165) is 11.4 Å². The highest BCUT2D eigenvalue weighted by Crippen LogP contribution is 2.17. The number of nitrogens with one attached hydrogen (secondary N) is 1. The molecule has 4 heteroatoms. The highest BCUT2D eigenvalue weighted by Gasteiger charge is 2.11. The van der Waals surface area contributed by atoms with E-state index >= 15 is 0 Å². The molecule has 0 unspecified atom stereocenters. The molecule has 0 fully saturated rings. The van der Waals surface area contributed by atoms with E-state index in [-0.39, 0.29) is 5.54 Å². The Morgan fingerprint density at radius 3 is 2.76 bits per heavy atom. The molecular weight excluding hydrogens is 214 g/mol. The molecule has 2 aromatic heterocycles. The number of aromatic nitrogens is 2. The molecule has 17 heavy (non-hydrogen) atoms. The molecule has 0 radical (unpaired) electrons. The number of hydrogen-bond donors (Lipinski definition) is 1. The second kappa shape index (κ2) is 4.67. The van der Waals surface area contributed by atoms with Crippen LogP contribution in [-0.4, -0.2) is 15.7 Å². The number of nitrogens with zero attached hydrogens (tertiary/aromatic N) is 2. The van der Waals surface area contributed by atoms with Crippen molar-refractivity contribution in [3.63, 3.8) is 0 Å². The standard InChI is InChI=1S/C13H17N3O/c1-13(2,3)15-9-10-8-12(17-16-10)11-6-4-5-7-14-11/h4-8,15H,9H2,1-3H3. The van der Waals surface area contributed by atoms with Crippen LogP contribution in [0.2, 0.25) is 0 Å². The smallest absolute Gasteiger partial charge is 0.185 e. The average Bonchev–Trinajstić information content (AvgIpc) is 2.75. The molecule has 4 nitrogen and oxygen atoms in total. The molecule has 2 heterocycles. The summed E-state index contributed by atoms with van der Waals surface area (Å²) in [4.78, 5) is 4.22. The topological polar surface area (TPSA) is 51.0 Å². The van der Waals surface area contributed by atoms with Gasteiger partial charge < -0.3 is 9.84 Å². The van der Waals surface area contributed by atoms with Crippen LogP contribution >= 0.6 is 0 Å². The molecule has 0 atom stereocenters. The van der Waals surface area contributed by atoms with Gasteiger partial charge in [0.1, 0.15) is 5.69 Å². The fraction of sp³-hybridized carbons (Fsp3) is 0.385. The Labute approximate surface area is 101 Å². The molecule has 0 aliphatic carbocycles. The lowest BCUT2D eigenvalue weighted by Crippen LogP contribution is -2.35. The first kappa shape index (κ1) is 11.8. The molecule has 2 rings (SSSR count). The second-order valence-electron chi connectivity index (χ2n) is 5.00. The first-order chi connectivity index (χ1) is 8.04. The van der Waals surface area contributed by atoms with E-state index < -0.39 is 0 Å². The van der Waals surface area contributed by atoms with Gasteiger partial charge in [-0.3, -0.25) is 4.98 Å². The molecule has 0 bridgehead atoms. The van der Waals surface area contributed by atoms with Gasteiger partial charge in [0, 0.05) is 24.3 Å². The van der Waals surface area contributed by atoms with Crippen LogP contribution in [0.5, 0.6) is 0 Å². The van der Waals surface area contributed by atoms with Gasteiger partial charge in [0.05, 0.1) is 5.69 Å². The fourth-order valence-corrected chi connectivity index (χ4v) is 1.38. The Morgan fingerprint density at radius 2 is 2.12 bits per heavy atom. The van der Waals surface area contributed by atoms with Crippen LogP contribution in [0.25, 0.3) is 11.5 Å². The lowest BCUT2D eigenvalue weighted by atomic mass is 10.1. The Kier molecular flexibility index (Phi) is 3.24. The molecule has 0 aromatic carbocycles. The van der Waals surface area contributed by atoms with Crippen molar-refractivity contribution >= 4 is 0 Å². The summed E-state index contributed by atoms with van der Waals surface area (Å²) >= 11 is 0. The normalized spacial score (nSPS) is 11.7. The van der Waals surface area contributed by atoms with Gasteiger partial charge in [-0.25, -0.2) is 0 Å². The molecular formula is C13H17N3O. The lowest BCUT2D eigenvalue weighted by Gasteiger charge is -2.19. The number of rotatable bonds is 3. The van der Waals surface area contributed by atoms with Crippen molar-refractivity contribution < 1.29 is 4.52 Å². The predicted octanol–water partition coefficient (Wildman–Crippen LogP) is 2.62. The first-order valence-electron chi connectivity index (χ1n) is 5.67. The average molecular weight is 231 g/mol. The summed E-state index contributed by atoms with van der Waals surface area (Å²) in [6.45, 7) is 7.05. The van der Waals surface area contributed by atoms with Crippen molar-refractivity contribution in [2.24, 2.45) is 0 Å². The molecule has 0 amide bonds. The molecule has 2 aromatic rings. The third-order valence-electron chi connectivity index (χ3n) is 2.28. The second-order valence-corrected chi connectivity index (χ2v) is 5.00. The highest BCUT2D eigenvalue weighted by molar-refractivity contribution is 5.51. The highest BCUT2D eigenvalue weighted by atomic mass is 16.5. The quantitative estimate of drug-likeness (QED) is 0.882. The maximum Gasteiger partial charge on any atom is 0.185 e. The third kappa shape index (κ3) is 3.39. The van der Waals surface area contributed by atoms with Gasteiger partial charge in [0.15, 0.2) is 5.76 Å². The van der Waals surface area contributed by atoms with E-state index in [1.54, 1.807) is 6.20 Å². The van der Waals surface area contributed by atoms with Crippen LogP contribution in [0.15, 0.2) is 35.0 Å². The van der Waals surface area contributed by atoms with Crippen molar-refractivity contribution in [2.75, 3.05) is 0 Å². The van der Waals surface area contributed by atoms with Gasteiger partial charge >= 0.3 is 0 Å². The minimum atomic E-state index is 0.0735. The van der Waals surface area contributed by atoms with E-state index in [9.17, 15) is 0 Å². The van der Waals surface area contributed by atoms with Crippen LogP contribution in [-0.2, 0) is 6.54 Å². The monoisotopic (exact) mass is 231 g/mol. The largest absolute Gasteiger partial charge is 0.354 e. The van der Waals surface area contributed by atoms with E-state index in [4.69, 9.17) is 4.52 Å². The Hall–Kier alpha value is -1.68. The Morgan fingerprint density at radius 1 is 1.29 bits per heavy atom. The molecule has 0 spiro atoms. The van der Waals surface area contributed by atoms with Crippen LogP contribution in [0.3, 0.4) is 0 Å². The Balaban J connectivity index is 2.07. The van der Waals surface area contributed by atoms with Gasteiger partial charge in [-0.15, -0.1) is 0 Å². The molecule has 0 saturated carbocycles. The summed E-state index contributed by atoms with van der Waals surface area (Å²) in [6, 6.07) is 7.63. The first-order valence-corrected chi connectivity index (χ1v) is 5.67. The van der Waals surface area contributed by atoms with E-state index in [2.05, 4.69) is 36.2 Å². The third-order valence-corrected chi connectivity index (χ3v) is 2.28. The summed E-state index contributed by atoms with van der Waals surface area (Å²) < 4.78 is 5.26. The van der Waals surface area contributed by atoms with Gasteiger partial charge in [-0.05, 0) is 32.9 Å². The summed E-state index contributed by atoms with van der Waals surface area (Å²) in [5, 5.41) is 7.38. The van der Waals surface area contributed by atoms with Crippen molar-refractivity contribution in [1.29, 1.82) is 0 Å². The maximum absolute atomic E-state index is 5.26. The molecule has 1 N–H and O–H groups in total. The number of hydrogen-bond acceptors (Lipinski definition) is 4. The molecule has 0 saturated heterocycles. The summed E-state index contributed by atoms with van der Waals surface area (Å²) in [5.74, 6) is 0.705. The maximum atomic E-state index is 5.26. The van der Waals surface area contributed by atoms with E-state index in [0.29, 0.717) is 12.3 Å². The van der Waals surface area contributed by atoms with Gasteiger partial charge in [0.2, 0.25) is 0 Å². The summed E-state index contributed by atoms with van der Waals surface area (Å²) in [5.41, 5.74) is 1.77. The van der Waals surface area contributed by atoms with Gasteiger partial charge in [-0.1, -0.05) is 11.2 Å². The minimum absolute atomic E-state index is 0.0735. The van der Waals surface area contributed by atoms with E-state index in [1.807, 2.05) is 24.3 Å². The Bertz CT molecular complexity index is 471. The van der Waals surface area contributed by atoms with Crippen molar-refractivity contribution in [3.05, 3.63) is 36.2 Å². The zero-order valence-corrected chi connectivity index (χ0v) is 10.4. The lowest BCUT2D eigenvalue weighted by molar-refractivity contribution is 0.392. The van der Waals surface area contributed by atoms with Crippen LogP contribution in [0.1, 0.15) is 26.5 Å². The number of pyridine rings is 1. The van der Waals surface area contributed by atoms with Gasteiger partial charge in [0.25, 0.3) is 0 Å². The summed E-state index contributed by atoms with van der Waals surface area (Å²) in [7, 11) is 0. The zero-order chi connectivity index (χ0) is 12.3. The van der Waals surface area contributed by atoms with Crippen molar-refractivity contribution in [1.82, 2.24) is 15.5 Å². The molecule has 0 aliphatic heterocycles. The van der Waals surface area contributed by atoms with E-state index in [1.165, 1.54) is 0 Å². The van der Waals surface area contributed by atoms with Crippen LogP contribution < -0.4 is 5.32 Å². The van der Waals surface area contributed by atoms with Crippen molar-refractivity contribution in [3.8, 4) is 11.5 Å².